The minimum Gasteiger partial charge on any atom is -0.598 e. The monoisotopic (exact) mass is 624 g/mol. The number of nitriles is 1. The van der Waals surface area contributed by atoms with Crippen molar-refractivity contribution in [2.45, 2.75) is 94.5 Å². The predicted molar refractivity (Wildman–Crippen MR) is 151 cm³/mol. The van der Waals surface area contributed by atoms with Gasteiger partial charge in [0.2, 0.25) is 0 Å². The van der Waals surface area contributed by atoms with Crippen LogP contribution in [-0.2, 0) is 26.6 Å². The summed E-state index contributed by atoms with van der Waals surface area (Å²) >= 11 is 1.55. The molecule has 4 atom stereocenters. The van der Waals surface area contributed by atoms with Crippen molar-refractivity contribution >= 4 is 50.3 Å². The van der Waals surface area contributed by atoms with E-state index in [0.29, 0.717) is 22.6 Å². The summed E-state index contributed by atoms with van der Waals surface area (Å²) in [5.41, 5.74) is -2.27. The Morgan fingerprint density at radius 1 is 1.33 bits per heavy atom. The molecule has 4 unspecified atom stereocenters. The first-order chi connectivity index (χ1) is 16.6. The van der Waals surface area contributed by atoms with Gasteiger partial charge in [0.1, 0.15) is 37.8 Å². The van der Waals surface area contributed by atoms with E-state index in [9.17, 15) is 14.0 Å². The number of pyridine rings is 1. The molecule has 12 heteroatoms. The van der Waals surface area contributed by atoms with Crippen molar-refractivity contribution in [2.24, 2.45) is 4.36 Å². The van der Waals surface area contributed by atoms with Crippen LogP contribution in [0.25, 0.3) is 0 Å². The third-order valence-corrected chi connectivity index (χ3v) is 18.4. The van der Waals surface area contributed by atoms with E-state index in [1.807, 2.05) is 20.8 Å². The molecular formula is C24H39BrF2N4O2S2Si. The SMILES string of the molecule is CC[Si](CC)(CC)c1cc(Br)nc(C(CF)(CS2(=O)=NCCCC2(C)C#N)N[S+]([O-])C(C)(C)C)c1F. The second-order valence-electron chi connectivity index (χ2n) is 10.8. The lowest BCUT2D eigenvalue weighted by atomic mass is 9.99. The lowest BCUT2D eigenvalue weighted by molar-refractivity contribution is 0.292. The van der Waals surface area contributed by atoms with Crippen molar-refractivity contribution in [3.05, 3.63) is 22.2 Å². The summed E-state index contributed by atoms with van der Waals surface area (Å²) in [4.78, 5) is 4.38. The number of aromatic nitrogens is 1. The van der Waals surface area contributed by atoms with Crippen LogP contribution < -0.4 is 9.91 Å². The number of halogens is 3. The molecule has 1 aromatic rings. The van der Waals surface area contributed by atoms with Gasteiger partial charge in [-0.2, -0.15) is 5.26 Å². The van der Waals surface area contributed by atoms with Gasteiger partial charge in [-0.15, -0.1) is 4.72 Å². The van der Waals surface area contributed by atoms with E-state index in [1.54, 1.807) is 33.8 Å². The van der Waals surface area contributed by atoms with Crippen LogP contribution in [0.3, 0.4) is 0 Å². The van der Waals surface area contributed by atoms with Crippen LogP contribution in [0, 0.1) is 17.1 Å². The van der Waals surface area contributed by atoms with E-state index >= 15 is 8.78 Å². The van der Waals surface area contributed by atoms with Crippen LogP contribution in [0.5, 0.6) is 0 Å². The molecule has 1 aliphatic rings. The van der Waals surface area contributed by atoms with Gasteiger partial charge >= 0.3 is 0 Å². The number of hydrogen-bond acceptors (Lipinski definition) is 6. The topological polar surface area (TPSA) is 101 Å². The Hall–Kier alpha value is -0.583. The average molecular weight is 626 g/mol. The summed E-state index contributed by atoms with van der Waals surface area (Å²) in [5, 5.41) is 10.4. The Labute approximate surface area is 228 Å². The highest BCUT2D eigenvalue weighted by Gasteiger charge is 2.52. The van der Waals surface area contributed by atoms with Crippen molar-refractivity contribution in [2.75, 3.05) is 19.0 Å². The maximum atomic E-state index is 16.5. The zero-order valence-corrected chi connectivity index (χ0v) is 26.6. The Kier molecular flexibility index (Phi) is 10.2. The number of hydrogen-bond donors (Lipinski definition) is 1. The molecule has 204 valence electrons. The normalized spacial score (nSPS) is 25.5. The zero-order chi connectivity index (χ0) is 27.6. The van der Waals surface area contributed by atoms with Gasteiger partial charge in [0.05, 0.1) is 29.6 Å². The van der Waals surface area contributed by atoms with E-state index in [2.05, 4.69) is 36.1 Å². The second-order valence-corrected chi connectivity index (χ2v) is 21.5. The average Bonchev–Trinajstić information content (AvgIpc) is 2.83. The summed E-state index contributed by atoms with van der Waals surface area (Å²) in [6.07, 6.45) is 0.907. The fraction of sp³-hybridized carbons (Fsp3) is 0.750. The lowest BCUT2D eigenvalue weighted by Crippen LogP contribution is -2.60. The minimum absolute atomic E-state index is 0.261. The van der Waals surface area contributed by atoms with Gasteiger partial charge < -0.3 is 4.55 Å². The van der Waals surface area contributed by atoms with Crippen molar-refractivity contribution in [3.63, 3.8) is 0 Å². The van der Waals surface area contributed by atoms with E-state index in [1.165, 1.54) is 0 Å². The second kappa shape index (κ2) is 11.7. The van der Waals surface area contributed by atoms with Gasteiger partial charge in [0.15, 0.2) is 0 Å². The van der Waals surface area contributed by atoms with E-state index in [4.69, 9.17) is 0 Å². The fourth-order valence-electron chi connectivity index (χ4n) is 4.72. The van der Waals surface area contributed by atoms with Crippen LogP contribution in [0.1, 0.15) is 67.0 Å². The Morgan fingerprint density at radius 3 is 2.39 bits per heavy atom. The first kappa shape index (κ1) is 31.6. The largest absolute Gasteiger partial charge is 0.598 e. The maximum Gasteiger partial charge on any atom is 0.149 e. The standard InChI is InChI=1S/C24H39BrF2N4O2S2Si/c1-8-36(9-2,10-3)18-14-19(25)30-21(20(18)27)24(15-26,31-34(32)22(4,5)6)17-35(33)23(7,16-28)12-11-13-29-35/h14,31H,8-13,15,17H2,1-7H3. The molecular weight excluding hydrogens is 586 g/mol. The third-order valence-electron chi connectivity index (χ3n) is 7.55. The highest BCUT2D eigenvalue weighted by Crippen LogP contribution is 2.37. The van der Waals surface area contributed by atoms with Gasteiger partial charge in [-0.3, -0.25) is 0 Å². The van der Waals surface area contributed by atoms with Gasteiger partial charge in [0, 0.05) is 17.9 Å². The third kappa shape index (κ3) is 5.86. The van der Waals surface area contributed by atoms with Gasteiger partial charge in [0.25, 0.3) is 0 Å². The summed E-state index contributed by atoms with van der Waals surface area (Å²) in [6, 6.07) is 6.17. The van der Waals surface area contributed by atoms with E-state index < -0.39 is 62.4 Å². The molecule has 0 aliphatic carbocycles. The number of alkyl halides is 1. The zero-order valence-electron chi connectivity index (χ0n) is 22.3. The summed E-state index contributed by atoms with van der Waals surface area (Å²) in [6.45, 7) is 11.8. The first-order valence-corrected chi connectivity index (χ1v) is 18.6. The van der Waals surface area contributed by atoms with Gasteiger partial charge in [-0.25, -0.2) is 22.3 Å². The Balaban J connectivity index is 2.92. The van der Waals surface area contributed by atoms with Crippen molar-refractivity contribution < 1.29 is 17.5 Å². The molecule has 0 radical (unpaired) electrons. The van der Waals surface area contributed by atoms with Crippen molar-refractivity contribution in [3.8, 4) is 6.07 Å². The Morgan fingerprint density at radius 2 is 1.92 bits per heavy atom. The molecule has 0 aromatic carbocycles. The number of nitrogens with zero attached hydrogens (tertiary/aromatic N) is 3. The smallest absolute Gasteiger partial charge is 0.149 e. The maximum absolute atomic E-state index is 16.5. The highest BCUT2D eigenvalue weighted by atomic mass is 79.9. The van der Waals surface area contributed by atoms with Gasteiger partial charge in [-0.05, 0) is 67.7 Å². The molecule has 0 spiro atoms. The van der Waals surface area contributed by atoms with Crippen molar-refractivity contribution in [1.29, 1.82) is 5.26 Å². The summed E-state index contributed by atoms with van der Waals surface area (Å²) < 4.78 is 64.8. The molecule has 2 rings (SSSR count). The van der Waals surface area contributed by atoms with E-state index in [-0.39, 0.29) is 12.2 Å². The molecule has 0 amide bonds. The molecule has 0 fully saturated rings. The number of nitrogens with one attached hydrogen (secondary N) is 1. The quantitative estimate of drug-likeness (QED) is 0.212. The summed E-state index contributed by atoms with van der Waals surface area (Å²) in [5.74, 6) is -1.16. The molecule has 1 aliphatic heterocycles. The molecule has 0 saturated carbocycles. The van der Waals surface area contributed by atoms with Crippen LogP contribution in [0.15, 0.2) is 15.0 Å². The molecule has 1 aromatic heterocycles. The van der Waals surface area contributed by atoms with Gasteiger partial charge in [-0.1, -0.05) is 38.9 Å². The molecule has 2 heterocycles. The fourth-order valence-corrected chi connectivity index (χ4v) is 12.7. The first-order valence-electron chi connectivity index (χ1n) is 12.4. The minimum atomic E-state index is -3.37. The molecule has 1 N–H and O–H groups in total. The Bertz CT molecular complexity index is 1110. The van der Waals surface area contributed by atoms with Crippen molar-refractivity contribution in [1.82, 2.24) is 9.71 Å². The van der Waals surface area contributed by atoms with Crippen LogP contribution in [0.4, 0.5) is 8.78 Å². The van der Waals surface area contributed by atoms with Crippen LogP contribution in [0.2, 0.25) is 18.1 Å². The molecule has 0 bridgehead atoms. The van der Waals surface area contributed by atoms with Crippen LogP contribution >= 0.6 is 15.9 Å². The lowest BCUT2D eigenvalue weighted by Gasteiger charge is -2.40. The van der Waals surface area contributed by atoms with Crippen LogP contribution in [-0.4, -0.2) is 50.3 Å². The van der Waals surface area contributed by atoms with E-state index in [0.717, 1.165) is 18.1 Å². The highest BCUT2D eigenvalue weighted by molar-refractivity contribution is 9.10. The predicted octanol–water partition coefficient (Wildman–Crippen LogP) is 5.46. The molecule has 0 saturated heterocycles. The number of rotatable bonds is 10. The summed E-state index contributed by atoms with van der Waals surface area (Å²) in [7, 11) is -5.66. The molecule has 6 nitrogen and oxygen atoms in total. The molecule has 36 heavy (non-hydrogen) atoms.